The van der Waals surface area contributed by atoms with Gasteiger partial charge >= 0.3 is 0 Å². The topological polar surface area (TPSA) is 52.5 Å². The minimum absolute atomic E-state index is 0.493. The monoisotopic (exact) mass is 473 g/mol. The molecule has 0 aliphatic rings. The molecule has 3 nitrogen and oxygen atoms in total. The van der Waals surface area contributed by atoms with Crippen LogP contribution in [0.2, 0.25) is 0 Å². The fourth-order valence-electron chi connectivity index (χ4n) is 5.36. The number of hydrogen-bond donors (Lipinski definition) is 0. The van der Waals surface area contributed by atoms with Gasteiger partial charge in [-0.05, 0) is 89.7 Å². The Morgan fingerprint density at radius 2 is 1.08 bits per heavy atom. The van der Waals surface area contributed by atoms with E-state index in [4.69, 9.17) is 0 Å². The molecule has 0 bridgehead atoms. The average molecular weight is 474 g/mol. The van der Waals surface area contributed by atoms with E-state index in [9.17, 15) is 10.5 Å². The molecule has 5 aromatic carbocycles. The maximum Gasteiger partial charge on any atom is 0.0992 e. The van der Waals surface area contributed by atoms with Crippen molar-refractivity contribution in [2.45, 2.75) is 13.8 Å². The zero-order chi connectivity index (χ0) is 25.5. The van der Waals surface area contributed by atoms with Crippen LogP contribution in [0.3, 0.4) is 0 Å². The number of para-hydroxylation sites is 2. The second-order valence-electron chi connectivity index (χ2n) is 9.42. The fourth-order valence-corrected chi connectivity index (χ4v) is 5.36. The zero-order valence-electron chi connectivity index (χ0n) is 20.7. The number of hydrogen-bond acceptors (Lipinski definition) is 2. The molecular weight excluding hydrogens is 450 g/mol. The summed E-state index contributed by atoms with van der Waals surface area (Å²) in [6, 6.07) is 39.7. The predicted molar refractivity (Wildman–Crippen MR) is 151 cm³/mol. The lowest BCUT2D eigenvalue weighted by molar-refractivity contribution is 1.17. The van der Waals surface area contributed by atoms with Gasteiger partial charge in [-0.3, -0.25) is 0 Å². The second-order valence-corrected chi connectivity index (χ2v) is 9.42. The number of benzene rings is 5. The number of rotatable bonds is 3. The van der Waals surface area contributed by atoms with Crippen LogP contribution in [0.25, 0.3) is 49.7 Å². The van der Waals surface area contributed by atoms with Gasteiger partial charge in [0.1, 0.15) is 0 Å². The van der Waals surface area contributed by atoms with Crippen molar-refractivity contribution in [2.75, 3.05) is 0 Å². The van der Waals surface area contributed by atoms with Crippen molar-refractivity contribution >= 4 is 21.8 Å². The summed E-state index contributed by atoms with van der Waals surface area (Å²) in [6.45, 7) is 4.27. The Balaban J connectivity index is 1.43. The van der Waals surface area contributed by atoms with Gasteiger partial charge in [-0.2, -0.15) is 10.5 Å². The minimum atomic E-state index is 0.493. The summed E-state index contributed by atoms with van der Waals surface area (Å²) in [6.07, 6.45) is 0. The van der Waals surface area contributed by atoms with Crippen molar-refractivity contribution in [2.24, 2.45) is 0 Å². The van der Waals surface area contributed by atoms with E-state index in [1.54, 1.807) is 6.07 Å². The third-order valence-electron chi connectivity index (χ3n) is 7.09. The van der Waals surface area contributed by atoms with E-state index < -0.39 is 0 Å². The summed E-state index contributed by atoms with van der Waals surface area (Å²) in [5.41, 5.74) is 11.1. The molecule has 0 aliphatic heterocycles. The highest BCUT2D eigenvalue weighted by Gasteiger charge is 2.14. The van der Waals surface area contributed by atoms with Crippen LogP contribution in [0.1, 0.15) is 22.3 Å². The maximum absolute atomic E-state index is 9.35. The molecule has 0 N–H and O–H groups in total. The molecule has 3 heteroatoms. The lowest BCUT2D eigenvalue weighted by Crippen LogP contribution is -1.96. The van der Waals surface area contributed by atoms with Gasteiger partial charge in [-0.15, -0.1) is 0 Å². The molecule has 0 aliphatic carbocycles. The maximum atomic E-state index is 9.35. The third kappa shape index (κ3) is 3.75. The molecular formula is C34H23N3. The van der Waals surface area contributed by atoms with Gasteiger partial charge in [0.15, 0.2) is 0 Å². The number of fused-ring (bicyclic) bond motifs is 3. The smallest absolute Gasteiger partial charge is 0.0992 e. The predicted octanol–water partition coefficient (Wildman–Crippen LogP) is 8.48. The summed E-state index contributed by atoms with van der Waals surface area (Å²) in [7, 11) is 0. The number of nitrogens with zero attached hydrogens (tertiary/aromatic N) is 3. The molecule has 1 heterocycles. The molecule has 0 amide bonds. The number of aromatic nitrogens is 1. The quantitative estimate of drug-likeness (QED) is 0.259. The van der Waals surface area contributed by atoms with E-state index in [-0.39, 0.29) is 0 Å². The first kappa shape index (κ1) is 22.4. The first-order valence-electron chi connectivity index (χ1n) is 12.2. The highest BCUT2D eigenvalue weighted by atomic mass is 15.0. The standard InChI is InChI=1S/C34H23N3/c1-22-15-26(27-18-24(20-35)17-25(19-27)21-36)11-13-29(22)30-14-12-28(16-23(30)2)37-33-9-5-3-7-31(33)32-8-4-6-10-34(32)37/h3-19H,1-2H3. The van der Waals surface area contributed by atoms with Crippen LogP contribution in [0.15, 0.2) is 103 Å². The van der Waals surface area contributed by atoms with Crippen molar-refractivity contribution in [3.05, 3.63) is 125 Å². The number of aryl methyl sites for hydroxylation is 2. The molecule has 174 valence electrons. The zero-order valence-corrected chi connectivity index (χ0v) is 20.7. The van der Waals surface area contributed by atoms with E-state index >= 15 is 0 Å². The SMILES string of the molecule is Cc1cc(-c2cc(C#N)cc(C#N)c2)ccc1-c1ccc(-n2c3ccccc3c3ccccc32)cc1C. The van der Waals surface area contributed by atoms with Crippen molar-refractivity contribution in [3.8, 4) is 40.1 Å². The van der Waals surface area contributed by atoms with Gasteiger partial charge in [-0.25, -0.2) is 0 Å². The molecule has 1 aromatic heterocycles. The van der Waals surface area contributed by atoms with E-state index in [2.05, 4.69) is 115 Å². The summed E-state index contributed by atoms with van der Waals surface area (Å²) in [4.78, 5) is 0. The Labute approximate surface area is 216 Å². The summed E-state index contributed by atoms with van der Waals surface area (Å²) in [5.74, 6) is 0. The summed E-state index contributed by atoms with van der Waals surface area (Å²) < 4.78 is 2.34. The van der Waals surface area contributed by atoms with E-state index in [1.165, 1.54) is 38.5 Å². The van der Waals surface area contributed by atoms with Crippen molar-refractivity contribution in [3.63, 3.8) is 0 Å². The molecule has 0 saturated heterocycles. The van der Waals surface area contributed by atoms with Gasteiger partial charge < -0.3 is 4.57 Å². The van der Waals surface area contributed by atoms with E-state index in [0.717, 1.165) is 22.4 Å². The molecule has 0 unspecified atom stereocenters. The van der Waals surface area contributed by atoms with Crippen molar-refractivity contribution < 1.29 is 0 Å². The lowest BCUT2D eigenvalue weighted by Gasteiger charge is -2.15. The molecule has 6 rings (SSSR count). The van der Waals surface area contributed by atoms with Crippen LogP contribution in [0.4, 0.5) is 0 Å². The van der Waals surface area contributed by atoms with Crippen molar-refractivity contribution in [1.82, 2.24) is 4.57 Å². The summed E-state index contributed by atoms with van der Waals surface area (Å²) >= 11 is 0. The molecule has 0 atom stereocenters. The average Bonchev–Trinajstić information content (AvgIpc) is 3.27. The Hall–Kier alpha value is -5.12. The molecule has 0 spiro atoms. The molecule has 6 aromatic rings. The fraction of sp³-hybridized carbons (Fsp3) is 0.0588. The lowest BCUT2D eigenvalue weighted by atomic mass is 9.92. The molecule has 37 heavy (non-hydrogen) atoms. The Morgan fingerprint density at radius 1 is 0.541 bits per heavy atom. The van der Waals surface area contributed by atoms with E-state index in [1.807, 2.05) is 12.1 Å². The molecule has 0 radical (unpaired) electrons. The highest BCUT2D eigenvalue weighted by Crippen LogP contribution is 2.35. The normalized spacial score (nSPS) is 10.9. The highest BCUT2D eigenvalue weighted by molar-refractivity contribution is 6.09. The molecule has 0 saturated carbocycles. The number of nitriles is 2. The van der Waals surface area contributed by atoms with Gasteiger partial charge in [0.25, 0.3) is 0 Å². The van der Waals surface area contributed by atoms with Crippen LogP contribution in [-0.2, 0) is 0 Å². The minimum Gasteiger partial charge on any atom is -0.309 e. The Kier molecular flexibility index (Phi) is 5.33. The van der Waals surface area contributed by atoms with Crippen LogP contribution < -0.4 is 0 Å². The van der Waals surface area contributed by atoms with Crippen LogP contribution in [0, 0.1) is 36.5 Å². The van der Waals surface area contributed by atoms with Gasteiger partial charge in [0, 0.05) is 16.5 Å². The first-order valence-corrected chi connectivity index (χ1v) is 12.2. The van der Waals surface area contributed by atoms with E-state index in [0.29, 0.717) is 11.1 Å². The first-order chi connectivity index (χ1) is 18.1. The van der Waals surface area contributed by atoms with Crippen molar-refractivity contribution in [1.29, 1.82) is 10.5 Å². The van der Waals surface area contributed by atoms with Crippen LogP contribution in [-0.4, -0.2) is 4.57 Å². The third-order valence-corrected chi connectivity index (χ3v) is 7.09. The Morgan fingerprint density at radius 3 is 1.62 bits per heavy atom. The molecule has 0 fully saturated rings. The Bertz CT molecular complexity index is 1840. The summed E-state index contributed by atoms with van der Waals surface area (Å²) in [5, 5.41) is 21.2. The second kappa shape index (κ2) is 8.83. The van der Waals surface area contributed by atoms with Gasteiger partial charge in [-0.1, -0.05) is 60.7 Å². The van der Waals surface area contributed by atoms with Gasteiger partial charge in [0.05, 0.1) is 34.3 Å². The van der Waals surface area contributed by atoms with Crippen LogP contribution >= 0.6 is 0 Å². The van der Waals surface area contributed by atoms with Gasteiger partial charge in [0.2, 0.25) is 0 Å². The largest absolute Gasteiger partial charge is 0.309 e. The van der Waals surface area contributed by atoms with Crippen LogP contribution in [0.5, 0.6) is 0 Å².